The summed E-state index contributed by atoms with van der Waals surface area (Å²) >= 11 is 0. The molecule has 3 aliphatic carbocycles. The van der Waals surface area contributed by atoms with Crippen molar-refractivity contribution in [3.8, 4) is 5.75 Å². The molecule has 4 nitrogen and oxygen atoms in total. The van der Waals surface area contributed by atoms with Gasteiger partial charge in [-0.3, -0.25) is 9.59 Å². The van der Waals surface area contributed by atoms with E-state index in [1.807, 2.05) is 31.2 Å². The average Bonchev–Trinajstić information content (AvgIpc) is 2.83. The summed E-state index contributed by atoms with van der Waals surface area (Å²) in [6.45, 7) is 8.85. The number of hydrogen-bond donors (Lipinski definition) is 0. The molecule has 34 heavy (non-hydrogen) atoms. The Morgan fingerprint density at radius 1 is 0.618 bits per heavy atom. The van der Waals surface area contributed by atoms with Crippen molar-refractivity contribution in [3.63, 3.8) is 0 Å². The highest BCUT2D eigenvalue weighted by molar-refractivity contribution is 5.75. The molecule has 3 saturated carbocycles. The zero-order valence-corrected chi connectivity index (χ0v) is 21.9. The van der Waals surface area contributed by atoms with E-state index in [2.05, 4.69) is 20.8 Å². The minimum Gasteiger partial charge on any atom is -0.462 e. The highest BCUT2D eigenvalue weighted by Gasteiger charge is 2.29. The molecule has 4 heteroatoms. The molecule has 0 amide bonds. The van der Waals surface area contributed by atoms with Crippen LogP contribution in [0, 0.1) is 36.5 Å². The maximum absolute atomic E-state index is 12.0. The number of carbonyl (C=O) groups is 2. The smallest absolute Gasteiger partial charge is 0.314 e. The van der Waals surface area contributed by atoms with Crippen LogP contribution < -0.4 is 4.74 Å². The lowest BCUT2D eigenvalue weighted by atomic mass is 9.83. The van der Waals surface area contributed by atoms with Crippen molar-refractivity contribution in [2.45, 2.75) is 111 Å². The molecular weight excluding hydrogens is 424 g/mol. The van der Waals surface area contributed by atoms with Gasteiger partial charge in [-0.1, -0.05) is 38.5 Å². The molecule has 0 saturated heterocycles. The molecule has 190 valence electrons. The number of carbonyl (C=O) groups excluding carboxylic acids is 2. The van der Waals surface area contributed by atoms with Gasteiger partial charge in [0, 0.05) is 0 Å². The first-order chi connectivity index (χ1) is 16.3. The monoisotopic (exact) mass is 470 g/mol. The predicted octanol–water partition coefficient (Wildman–Crippen LogP) is 7.66. The zero-order chi connectivity index (χ0) is 24.5. The van der Waals surface area contributed by atoms with Gasteiger partial charge in [0.05, 0.1) is 11.8 Å². The molecule has 0 atom stereocenters. The highest BCUT2D eigenvalue weighted by Crippen LogP contribution is 2.32. The molecule has 0 bridgehead atoms. The molecule has 3 fully saturated rings. The fourth-order valence-electron chi connectivity index (χ4n) is 5.41. The largest absolute Gasteiger partial charge is 0.462 e. The first-order valence-electron chi connectivity index (χ1n) is 13.8. The molecule has 0 spiro atoms. The molecule has 4 rings (SSSR count). The maximum atomic E-state index is 12.0. The van der Waals surface area contributed by atoms with E-state index >= 15 is 0 Å². The summed E-state index contributed by atoms with van der Waals surface area (Å²) in [4.78, 5) is 24.0. The van der Waals surface area contributed by atoms with E-state index in [9.17, 15) is 9.59 Å². The number of benzene rings is 1. The fourth-order valence-corrected chi connectivity index (χ4v) is 5.41. The number of hydrogen-bond acceptors (Lipinski definition) is 4. The minimum absolute atomic E-state index is 0.0549. The van der Waals surface area contributed by atoms with Gasteiger partial charge in [-0.2, -0.15) is 0 Å². The van der Waals surface area contributed by atoms with Gasteiger partial charge in [-0.05, 0) is 114 Å². The number of rotatable bonds is 4. The molecule has 1 aromatic carbocycles. The van der Waals surface area contributed by atoms with Crippen LogP contribution in [0.15, 0.2) is 24.3 Å². The van der Waals surface area contributed by atoms with Crippen molar-refractivity contribution in [1.29, 1.82) is 0 Å². The first kappa shape index (κ1) is 26.8. The van der Waals surface area contributed by atoms with Crippen molar-refractivity contribution in [1.82, 2.24) is 0 Å². The number of esters is 2. The van der Waals surface area contributed by atoms with Gasteiger partial charge in [-0.25, -0.2) is 0 Å². The van der Waals surface area contributed by atoms with Gasteiger partial charge in [0.2, 0.25) is 0 Å². The summed E-state index contributed by atoms with van der Waals surface area (Å²) in [7, 11) is 0. The Bertz CT molecular complexity index is 747. The second-order valence-corrected chi connectivity index (χ2v) is 11.5. The lowest BCUT2D eigenvalue weighted by molar-refractivity contribution is -0.157. The third-order valence-electron chi connectivity index (χ3n) is 8.18. The summed E-state index contributed by atoms with van der Waals surface area (Å²) in [5.74, 6) is 3.39. The normalized spacial score (nSPS) is 31.5. The van der Waals surface area contributed by atoms with Gasteiger partial charge in [0.1, 0.15) is 11.9 Å². The van der Waals surface area contributed by atoms with Crippen molar-refractivity contribution >= 4 is 11.9 Å². The molecule has 1 aromatic rings. The van der Waals surface area contributed by atoms with Crippen molar-refractivity contribution in [2.24, 2.45) is 29.6 Å². The fraction of sp³-hybridized carbons (Fsp3) is 0.733. The van der Waals surface area contributed by atoms with E-state index in [0.717, 1.165) is 69.1 Å². The average molecular weight is 471 g/mol. The van der Waals surface area contributed by atoms with E-state index in [0.29, 0.717) is 5.75 Å². The second-order valence-electron chi connectivity index (χ2n) is 11.5. The van der Waals surface area contributed by atoms with Crippen LogP contribution in [0.25, 0.3) is 0 Å². The Hall–Kier alpha value is -1.84. The summed E-state index contributed by atoms with van der Waals surface area (Å²) in [5, 5.41) is 0. The third-order valence-corrected chi connectivity index (χ3v) is 8.18. The Labute approximate surface area is 207 Å². The van der Waals surface area contributed by atoms with E-state index in [1.165, 1.54) is 31.2 Å². The van der Waals surface area contributed by atoms with Crippen molar-refractivity contribution < 1.29 is 19.1 Å². The Morgan fingerprint density at radius 3 is 1.50 bits per heavy atom. The van der Waals surface area contributed by atoms with Crippen LogP contribution >= 0.6 is 0 Å². The lowest BCUT2D eigenvalue weighted by Crippen LogP contribution is -2.29. The van der Waals surface area contributed by atoms with Crippen molar-refractivity contribution in [2.75, 3.05) is 0 Å². The van der Waals surface area contributed by atoms with Crippen molar-refractivity contribution in [3.05, 3.63) is 29.8 Å². The lowest BCUT2D eigenvalue weighted by Gasteiger charge is -2.29. The van der Waals surface area contributed by atoms with Gasteiger partial charge in [-0.15, -0.1) is 0 Å². The summed E-state index contributed by atoms with van der Waals surface area (Å²) < 4.78 is 11.1. The van der Waals surface area contributed by atoms with Crippen LogP contribution in [0.3, 0.4) is 0 Å². The molecule has 3 aliphatic rings. The molecular formula is C30H46O4. The van der Waals surface area contributed by atoms with Crippen LogP contribution in [0.2, 0.25) is 0 Å². The maximum Gasteiger partial charge on any atom is 0.314 e. The quantitative estimate of drug-likeness (QED) is 0.335. The SMILES string of the molecule is CC1CCC(OC(=O)C2CCC(C)CC2)CC1.Cc1ccc(OC(=O)C2CCC(C)CC2)cc1. The standard InChI is InChI=1S/C15H26O2.C15H20O2/c2*1-11-3-7-13(8-4-11)15(16)17-14-9-5-12(2)6-10-14/h11-14H,3-10H2,1-2H3;5-6,9-11,13H,3-4,7-8H2,1-2H3. The number of aryl methyl sites for hydroxylation is 1. The number of ether oxygens (including phenoxy) is 2. The highest BCUT2D eigenvalue weighted by atomic mass is 16.5. The Balaban J connectivity index is 0.000000191. The Morgan fingerprint density at radius 2 is 1.03 bits per heavy atom. The predicted molar refractivity (Wildman–Crippen MR) is 137 cm³/mol. The van der Waals surface area contributed by atoms with E-state index < -0.39 is 0 Å². The summed E-state index contributed by atoms with van der Waals surface area (Å²) in [5.41, 5.74) is 1.18. The summed E-state index contributed by atoms with van der Waals surface area (Å²) in [6.07, 6.45) is 13.6. The van der Waals surface area contributed by atoms with Crippen LogP contribution in [-0.4, -0.2) is 18.0 Å². The summed E-state index contributed by atoms with van der Waals surface area (Å²) in [6, 6.07) is 7.65. The van der Waals surface area contributed by atoms with Gasteiger partial charge < -0.3 is 9.47 Å². The second kappa shape index (κ2) is 13.3. The van der Waals surface area contributed by atoms with E-state index in [-0.39, 0.29) is 29.9 Å². The molecule has 0 aliphatic heterocycles. The minimum atomic E-state index is -0.0549. The third kappa shape index (κ3) is 8.74. The van der Waals surface area contributed by atoms with Gasteiger partial charge in [0.15, 0.2) is 0 Å². The van der Waals surface area contributed by atoms with Crippen LogP contribution in [0.1, 0.15) is 103 Å². The molecule has 0 unspecified atom stereocenters. The molecule has 0 radical (unpaired) electrons. The molecule has 0 aromatic heterocycles. The zero-order valence-electron chi connectivity index (χ0n) is 21.9. The molecule has 0 N–H and O–H groups in total. The van der Waals surface area contributed by atoms with E-state index in [4.69, 9.17) is 9.47 Å². The van der Waals surface area contributed by atoms with Gasteiger partial charge in [0.25, 0.3) is 0 Å². The van der Waals surface area contributed by atoms with Crippen LogP contribution in [-0.2, 0) is 14.3 Å². The van der Waals surface area contributed by atoms with Crippen LogP contribution in [0.5, 0.6) is 5.75 Å². The van der Waals surface area contributed by atoms with Gasteiger partial charge >= 0.3 is 11.9 Å². The molecule has 0 heterocycles. The Kier molecular flexibility index (Phi) is 10.5. The first-order valence-corrected chi connectivity index (χ1v) is 13.8. The topological polar surface area (TPSA) is 52.6 Å². The van der Waals surface area contributed by atoms with Crippen LogP contribution in [0.4, 0.5) is 0 Å². The van der Waals surface area contributed by atoms with E-state index in [1.54, 1.807) is 0 Å².